The minimum atomic E-state index is -0.202. The molecule has 0 aliphatic carbocycles. The molecule has 1 heterocycles. The smallest absolute Gasteiger partial charge is 0.255 e. The van der Waals surface area contributed by atoms with Gasteiger partial charge in [0.2, 0.25) is 0 Å². The predicted octanol–water partition coefficient (Wildman–Crippen LogP) is 3.71. The van der Waals surface area contributed by atoms with Crippen LogP contribution in [0.5, 0.6) is 5.75 Å². The Morgan fingerprint density at radius 2 is 1.92 bits per heavy atom. The molecule has 0 aliphatic heterocycles. The number of nitrogens with one attached hydrogen (secondary N) is 2. The van der Waals surface area contributed by atoms with Gasteiger partial charge in [-0.05, 0) is 24.6 Å². The number of phenolic OH excluding ortho intramolecular Hbond substituents is 1. The minimum absolute atomic E-state index is 0.133. The van der Waals surface area contributed by atoms with Crippen LogP contribution in [-0.2, 0) is 6.42 Å². The molecule has 3 N–H and O–H groups in total. The Balaban J connectivity index is 2.19. The van der Waals surface area contributed by atoms with Gasteiger partial charge in [0, 0.05) is 30.1 Å². The summed E-state index contributed by atoms with van der Waals surface area (Å²) in [4.78, 5) is 12.7. The Morgan fingerprint density at radius 3 is 2.58 bits per heavy atom. The van der Waals surface area contributed by atoms with Crippen LogP contribution in [0.4, 0.5) is 0 Å². The lowest BCUT2D eigenvalue weighted by atomic mass is 9.99. The number of carbonyl (C=O) groups excluding carboxylic acids is 1. The largest absolute Gasteiger partial charge is 0.508 e. The first-order valence-corrected chi connectivity index (χ1v) is 8.80. The number of hydrogen-bond donors (Lipinski definition) is 3. The summed E-state index contributed by atoms with van der Waals surface area (Å²) in [5, 5.41) is 16.9. The first-order valence-electron chi connectivity index (χ1n) is 8.80. The van der Waals surface area contributed by atoms with E-state index in [1.807, 2.05) is 30.3 Å². The molecule has 0 atom stereocenters. The summed E-state index contributed by atoms with van der Waals surface area (Å²) in [5.41, 5.74) is 2.74. The summed E-state index contributed by atoms with van der Waals surface area (Å²) in [7, 11) is 1.61. The molecule has 0 saturated carbocycles. The quantitative estimate of drug-likeness (QED) is 0.632. The predicted molar refractivity (Wildman–Crippen MR) is 104 cm³/mol. The molecule has 3 rings (SSSR count). The molecule has 1 aromatic heterocycles. The van der Waals surface area contributed by atoms with Gasteiger partial charge in [-0.1, -0.05) is 44.2 Å². The molecule has 0 radical (unpaired) electrons. The van der Waals surface area contributed by atoms with E-state index < -0.39 is 0 Å². The molecular formula is C21H24N2O3. The molecule has 3 aromatic rings. The topological polar surface area (TPSA) is 74.5 Å². The Kier molecular flexibility index (Phi) is 5.28. The van der Waals surface area contributed by atoms with Crippen LogP contribution in [0.1, 0.15) is 29.8 Å². The number of carbonyl (C=O) groups is 1. The van der Waals surface area contributed by atoms with Gasteiger partial charge in [-0.25, -0.2) is 0 Å². The lowest BCUT2D eigenvalue weighted by molar-refractivity contribution is 0.0964. The molecule has 0 aliphatic rings. The van der Waals surface area contributed by atoms with Gasteiger partial charge in [-0.3, -0.25) is 4.79 Å². The highest BCUT2D eigenvalue weighted by Crippen LogP contribution is 2.37. The molecule has 5 nitrogen and oxygen atoms in total. The molecule has 0 saturated heterocycles. The maximum atomic E-state index is 12.7. The Bertz CT molecular complexity index is 914. The van der Waals surface area contributed by atoms with Crippen molar-refractivity contribution in [1.29, 1.82) is 0 Å². The van der Waals surface area contributed by atoms with Gasteiger partial charge in [0.15, 0.2) is 0 Å². The van der Waals surface area contributed by atoms with Crippen molar-refractivity contribution in [2.24, 2.45) is 0 Å². The average molecular weight is 352 g/mol. The highest BCUT2D eigenvalue weighted by Gasteiger charge is 2.24. The number of benzene rings is 2. The fourth-order valence-corrected chi connectivity index (χ4v) is 3.12. The van der Waals surface area contributed by atoms with Crippen LogP contribution in [-0.4, -0.2) is 30.6 Å². The van der Waals surface area contributed by atoms with Crippen LogP contribution >= 0.6 is 0 Å². The van der Waals surface area contributed by atoms with E-state index in [1.165, 1.54) is 0 Å². The molecule has 2 aromatic carbocycles. The van der Waals surface area contributed by atoms with Crippen LogP contribution in [0, 0.1) is 0 Å². The SMILES string of the molecule is CNC(=O)c1c(-c2ccccc2)oc2cc(O)cc(CCNC(C)C)c12. The molecule has 26 heavy (non-hydrogen) atoms. The third-order valence-electron chi connectivity index (χ3n) is 4.29. The van der Waals surface area contributed by atoms with Gasteiger partial charge in [0.25, 0.3) is 5.91 Å². The zero-order valence-corrected chi connectivity index (χ0v) is 15.3. The van der Waals surface area contributed by atoms with E-state index in [0.717, 1.165) is 23.1 Å². The van der Waals surface area contributed by atoms with Crippen LogP contribution in [0.25, 0.3) is 22.3 Å². The number of furan rings is 1. The lowest BCUT2D eigenvalue weighted by Gasteiger charge is -2.10. The summed E-state index contributed by atoms with van der Waals surface area (Å²) in [5.74, 6) is 0.448. The number of phenols is 1. The molecular weight excluding hydrogens is 328 g/mol. The molecule has 136 valence electrons. The van der Waals surface area contributed by atoms with Gasteiger partial charge in [-0.15, -0.1) is 0 Å². The van der Waals surface area contributed by atoms with E-state index in [2.05, 4.69) is 24.5 Å². The van der Waals surface area contributed by atoms with Crippen molar-refractivity contribution in [1.82, 2.24) is 10.6 Å². The second kappa shape index (κ2) is 7.62. The maximum absolute atomic E-state index is 12.7. The van der Waals surface area contributed by atoms with E-state index in [9.17, 15) is 9.90 Å². The van der Waals surface area contributed by atoms with Crippen molar-refractivity contribution >= 4 is 16.9 Å². The second-order valence-electron chi connectivity index (χ2n) is 6.59. The molecule has 0 unspecified atom stereocenters. The van der Waals surface area contributed by atoms with Crippen molar-refractivity contribution in [3.63, 3.8) is 0 Å². The third kappa shape index (κ3) is 3.58. The van der Waals surface area contributed by atoms with Gasteiger partial charge >= 0.3 is 0 Å². The first kappa shape index (κ1) is 18.0. The Morgan fingerprint density at radius 1 is 1.19 bits per heavy atom. The van der Waals surface area contributed by atoms with Crippen LogP contribution in [0.15, 0.2) is 46.9 Å². The highest BCUT2D eigenvalue weighted by molar-refractivity contribution is 6.12. The minimum Gasteiger partial charge on any atom is -0.508 e. The van der Waals surface area contributed by atoms with Crippen molar-refractivity contribution in [3.05, 3.63) is 53.6 Å². The summed E-state index contributed by atoms with van der Waals surface area (Å²) >= 11 is 0. The van der Waals surface area contributed by atoms with E-state index in [-0.39, 0.29) is 11.7 Å². The van der Waals surface area contributed by atoms with Crippen molar-refractivity contribution in [2.75, 3.05) is 13.6 Å². The standard InChI is InChI=1S/C21H24N2O3/c1-13(2)23-10-9-15-11-16(24)12-17-18(15)19(21(25)22-3)20(26-17)14-7-5-4-6-8-14/h4-8,11-13,23-24H,9-10H2,1-3H3,(H,22,25). The van der Waals surface area contributed by atoms with Crippen molar-refractivity contribution < 1.29 is 14.3 Å². The Hall–Kier alpha value is -2.79. The fraction of sp³-hybridized carbons (Fsp3) is 0.286. The number of amides is 1. The van der Waals surface area contributed by atoms with Crippen LogP contribution in [0.2, 0.25) is 0 Å². The highest BCUT2D eigenvalue weighted by atomic mass is 16.3. The maximum Gasteiger partial charge on any atom is 0.255 e. The van der Waals surface area contributed by atoms with E-state index in [4.69, 9.17) is 4.42 Å². The molecule has 5 heteroatoms. The molecule has 0 spiro atoms. The Labute approximate surface area is 153 Å². The molecule has 1 amide bonds. The third-order valence-corrected chi connectivity index (χ3v) is 4.29. The van der Waals surface area contributed by atoms with Gasteiger partial charge in [0.05, 0.1) is 5.56 Å². The van der Waals surface area contributed by atoms with Crippen LogP contribution < -0.4 is 10.6 Å². The van der Waals surface area contributed by atoms with Gasteiger partial charge in [-0.2, -0.15) is 0 Å². The lowest BCUT2D eigenvalue weighted by Crippen LogP contribution is -2.25. The number of aromatic hydroxyl groups is 1. The summed E-state index contributed by atoms with van der Waals surface area (Å²) in [6.45, 7) is 4.91. The number of hydrogen-bond acceptors (Lipinski definition) is 4. The summed E-state index contributed by atoms with van der Waals surface area (Å²) in [6, 6.07) is 13.2. The van der Waals surface area contributed by atoms with Gasteiger partial charge in [0.1, 0.15) is 17.1 Å². The van der Waals surface area contributed by atoms with E-state index in [0.29, 0.717) is 29.4 Å². The summed E-state index contributed by atoms with van der Waals surface area (Å²) in [6.07, 6.45) is 0.681. The molecule has 0 bridgehead atoms. The number of rotatable bonds is 6. The zero-order valence-electron chi connectivity index (χ0n) is 15.3. The van der Waals surface area contributed by atoms with Crippen molar-refractivity contribution in [3.8, 4) is 17.1 Å². The van der Waals surface area contributed by atoms with E-state index >= 15 is 0 Å². The molecule has 0 fully saturated rings. The normalized spacial score (nSPS) is 11.2. The van der Waals surface area contributed by atoms with Crippen LogP contribution in [0.3, 0.4) is 0 Å². The monoisotopic (exact) mass is 352 g/mol. The first-order chi connectivity index (χ1) is 12.5. The fourth-order valence-electron chi connectivity index (χ4n) is 3.12. The average Bonchev–Trinajstić information content (AvgIpc) is 3.00. The van der Waals surface area contributed by atoms with Crippen molar-refractivity contribution in [2.45, 2.75) is 26.3 Å². The number of fused-ring (bicyclic) bond motifs is 1. The summed E-state index contributed by atoms with van der Waals surface area (Å²) < 4.78 is 6.02. The second-order valence-corrected chi connectivity index (χ2v) is 6.59. The van der Waals surface area contributed by atoms with E-state index in [1.54, 1.807) is 19.2 Å². The van der Waals surface area contributed by atoms with Gasteiger partial charge < -0.3 is 20.2 Å². The zero-order chi connectivity index (χ0) is 18.7.